The molecular weight excluding hydrogens is 332 g/mol. The van der Waals surface area contributed by atoms with E-state index in [-0.39, 0.29) is 0 Å². The molecule has 1 atom stereocenters. The number of alkyl halides is 1. The first kappa shape index (κ1) is 16.1. The average molecular weight is 351 g/mol. The van der Waals surface area contributed by atoms with E-state index >= 15 is 0 Å². The van der Waals surface area contributed by atoms with Crippen LogP contribution < -0.4 is 0 Å². The van der Waals surface area contributed by atoms with Gasteiger partial charge in [-0.3, -0.25) is 0 Å². The third kappa shape index (κ3) is 4.94. The molecule has 0 aromatic heterocycles. The lowest BCUT2D eigenvalue weighted by atomic mass is 10.0. The molecule has 18 heavy (non-hydrogen) atoms. The topological polar surface area (TPSA) is 34.1 Å². The van der Waals surface area contributed by atoms with Gasteiger partial charge in [0.05, 0.1) is 4.90 Å². The Balaban J connectivity index is 2.65. The van der Waals surface area contributed by atoms with Crippen molar-refractivity contribution in [1.82, 2.24) is 0 Å². The first-order chi connectivity index (χ1) is 8.34. The molecule has 1 unspecified atom stereocenters. The van der Waals surface area contributed by atoms with Gasteiger partial charge in [0.2, 0.25) is 0 Å². The van der Waals surface area contributed by atoms with Crippen LogP contribution in [0.5, 0.6) is 0 Å². The SMILES string of the molecule is CC(C)C(CBr)CSc1ccc(S(C)(=O)=O)cc1. The second-order valence-corrected chi connectivity index (χ2v) is 8.47. The van der Waals surface area contributed by atoms with Gasteiger partial charge in [0.1, 0.15) is 0 Å². The maximum Gasteiger partial charge on any atom is 0.175 e. The molecule has 0 N–H and O–H groups in total. The summed E-state index contributed by atoms with van der Waals surface area (Å²) in [6.07, 6.45) is 1.23. The Morgan fingerprint density at radius 2 is 1.78 bits per heavy atom. The molecule has 102 valence electrons. The maximum atomic E-state index is 11.3. The van der Waals surface area contributed by atoms with E-state index in [1.165, 1.54) is 6.26 Å². The number of sulfone groups is 1. The Morgan fingerprint density at radius 3 is 2.17 bits per heavy atom. The molecule has 0 amide bonds. The highest BCUT2D eigenvalue weighted by molar-refractivity contribution is 9.09. The van der Waals surface area contributed by atoms with Crippen molar-refractivity contribution in [2.75, 3.05) is 17.3 Å². The Bertz CT molecular complexity index is 466. The van der Waals surface area contributed by atoms with Crippen molar-refractivity contribution in [2.24, 2.45) is 11.8 Å². The highest BCUT2D eigenvalue weighted by Crippen LogP contribution is 2.26. The molecule has 1 aromatic rings. The number of benzene rings is 1. The van der Waals surface area contributed by atoms with Crippen LogP contribution in [0.15, 0.2) is 34.1 Å². The highest BCUT2D eigenvalue weighted by atomic mass is 79.9. The van der Waals surface area contributed by atoms with Gasteiger partial charge in [-0.1, -0.05) is 29.8 Å². The Hall–Kier alpha value is -0.000000000000000111. The van der Waals surface area contributed by atoms with E-state index in [0.29, 0.717) is 16.7 Å². The van der Waals surface area contributed by atoms with Crippen molar-refractivity contribution >= 4 is 37.5 Å². The zero-order valence-electron chi connectivity index (χ0n) is 10.9. The van der Waals surface area contributed by atoms with E-state index in [1.807, 2.05) is 12.1 Å². The first-order valence-electron chi connectivity index (χ1n) is 5.83. The molecule has 1 aromatic carbocycles. The summed E-state index contributed by atoms with van der Waals surface area (Å²) in [4.78, 5) is 1.50. The standard InChI is InChI=1S/C13H19BrO2S2/c1-10(2)11(8-14)9-17-12-4-6-13(7-5-12)18(3,15)16/h4-7,10-11H,8-9H2,1-3H3. The summed E-state index contributed by atoms with van der Waals surface area (Å²) in [6.45, 7) is 4.44. The lowest BCUT2D eigenvalue weighted by Gasteiger charge is -2.17. The summed E-state index contributed by atoms with van der Waals surface area (Å²) in [5.74, 6) is 2.32. The summed E-state index contributed by atoms with van der Waals surface area (Å²) in [5, 5.41) is 0.999. The lowest BCUT2D eigenvalue weighted by Crippen LogP contribution is -2.12. The van der Waals surface area contributed by atoms with E-state index in [4.69, 9.17) is 0 Å². The molecule has 0 aliphatic heterocycles. The van der Waals surface area contributed by atoms with Crippen molar-refractivity contribution in [2.45, 2.75) is 23.6 Å². The molecular formula is C13H19BrO2S2. The van der Waals surface area contributed by atoms with Gasteiger partial charge < -0.3 is 0 Å². The lowest BCUT2D eigenvalue weighted by molar-refractivity contribution is 0.474. The van der Waals surface area contributed by atoms with Crippen molar-refractivity contribution in [3.63, 3.8) is 0 Å². The number of rotatable bonds is 6. The minimum absolute atomic E-state index is 0.382. The third-order valence-corrected chi connectivity index (χ3v) is 6.02. The highest BCUT2D eigenvalue weighted by Gasteiger charge is 2.12. The van der Waals surface area contributed by atoms with Gasteiger partial charge in [-0.05, 0) is 36.1 Å². The van der Waals surface area contributed by atoms with Crippen molar-refractivity contribution in [1.29, 1.82) is 0 Å². The molecule has 0 aliphatic rings. The van der Waals surface area contributed by atoms with Crippen LogP contribution in [0.1, 0.15) is 13.8 Å². The summed E-state index contributed by atoms with van der Waals surface area (Å²) in [7, 11) is -3.09. The number of hydrogen-bond donors (Lipinski definition) is 0. The quantitative estimate of drug-likeness (QED) is 0.577. The molecule has 0 radical (unpaired) electrons. The zero-order valence-corrected chi connectivity index (χ0v) is 14.1. The van der Waals surface area contributed by atoms with Crippen LogP contribution in [0.4, 0.5) is 0 Å². The molecule has 0 aliphatic carbocycles. The Morgan fingerprint density at radius 1 is 1.22 bits per heavy atom. The number of halogens is 1. The smallest absolute Gasteiger partial charge is 0.175 e. The van der Waals surface area contributed by atoms with Crippen LogP contribution >= 0.6 is 27.7 Å². The van der Waals surface area contributed by atoms with Crippen LogP contribution in [0.25, 0.3) is 0 Å². The second kappa shape index (κ2) is 6.96. The average Bonchev–Trinajstić information content (AvgIpc) is 2.29. The molecule has 0 fully saturated rings. The normalized spacial score (nSPS) is 13.8. The van der Waals surface area contributed by atoms with Crippen LogP contribution in [0.3, 0.4) is 0 Å². The van der Waals surface area contributed by atoms with Gasteiger partial charge in [0.15, 0.2) is 9.84 Å². The van der Waals surface area contributed by atoms with E-state index in [0.717, 1.165) is 16.0 Å². The van der Waals surface area contributed by atoms with E-state index in [1.54, 1.807) is 23.9 Å². The summed E-state index contributed by atoms with van der Waals surface area (Å²) in [5.41, 5.74) is 0. The predicted molar refractivity (Wildman–Crippen MR) is 82.4 cm³/mol. The van der Waals surface area contributed by atoms with Gasteiger partial charge in [0.25, 0.3) is 0 Å². The predicted octanol–water partition coefficient (Wildman–Crippen LogP) is 3.85. The fraction of sp³-hybridized carbons (Fsp3) is 0.538. The van der Waals surface area contributed by atoms with Crippen molar-refractivity contribution in [3.8, 4) is 0 Å². The fourth-order valence-corrected chi connectivity index (χ4v) is 4.55. The van der Waals surface area contributed by atoms with Gasteiger partial charge in [-0.25, -0.2) is 8.42 Å². The molecule has 0 bridgehead atoms. The van der Waals surface area contributed by atoms with Crippen LogP contribution in [0.2, 0.25) is 0 Å². The summed E-state index contributed by atoms with van der Waals surface area (Å²) >= 11 is 5.31. The van der Waals surface area contributed by atoms with Gasteiger partial charge in [-0.2, -0.15) is 0 Å². The van der Waals surface area contributed by atoms with Crippen molar-refractivity contribution < 1.29 is 8.42 Å². The minimum atomic E-state index is -3.09. The largest absolute Gasteiger partial charge is 0.224 e. The molecule has 0 saturated carbocycles. The van der Waals surface area contributed by atoms with Gasteiger partial charge in [-0.15, -0.1) is 11.8 Å². The molecule has 2 nitrogen and oxygen atoms in total. The molecule has 0 saturated heterocycles. The van der Waals surface area contributed by atoms with Crippen molar-refractivity contribution in [3.05, 3.63) is 24.3 Å². The van der Waals surface area contributed by atoms with Crippen LogP contribution in [-0.4, -0.2) is 25.8 Å². The molecule has 5 heteroatoms. The fourth-order valence-electron chi connectivity index (χ4n) is 1.40. The van der Waals surface area contributed by atoms with E-state index in [9.17, 15) is 8.42 Å². The first-order valence-corrected chi connectivity index (χ1v) is 9.83. The van der Waals surface area contributed by atoms with Crippen LogP contribution in [-0.2, 0) is 9.84 Å². The minimum Gasteiger partial charge on any atom is -0.224 e. The second-order valence-electron chi connectivity index (χ2n) is 4.71. The van der Waals surface area contributed by atoms with Gasteiger partial charge in [0, 0.05) is 22.2 Å². The molecule has 1 rings (SSSR count). The zero-order chi connectivity index (χ0) is 13.8. The van der Waals surface area contributed by atoms with Gasteiger partial charge >= 0.3 is 0 Å². The summed E-state index contributed by atoms with van der Waals surface area (Å²) < 4.78 is 22.7. The Labute approximate surface area is 123 Å². The van der Waals surface area contributed by atoms with Crippen LogP contribution in [0, 0.1) is 11.8 Å². The maximum absolute atomic E-state index is 11.3. The van der Waals surface area contributed by atoms with E-state index < -0.39 is 9.84 Å². The number of hydrogen-bond acceptors (Lipinski definition) is 3. The Kier molecular flexibility index (Phi) is 6.21. The van der Waals surface area contributed by atoms with E-state index in [2.05, 4.69) is 29.8 Å². The molecule has 0 heterocycles. The number of thioether (sulfide) groups is 1. The molecule has 0 spiro atoms. The third-order valence-electron chi connectivity index (χ3n) is 2.86. The summed E-state index contributed by atoms with van der Waals surface area (Å²) in [6, 6.07) is 7.12. The monoisotopic (exact) mass is 350 g/mol.